The highest BCUT2D eigenvalue weighted by atomic mass is 19.1. The largest absolute Gasteiger partial charge is 0.468 e. The molecule has 3 rings (SSSR count). The fraction of sp³-hybridized carbons (Fsp3) is 0.350. The second-order valence-corrected chi connectivity index (χ2v) is 5.89. The molecular weight excluding hydrogens is 337 g/mol. The average molecular weight is 361 g/mol. The molecule has 2 aromatic carbocycles. The third kappa shape index (κ3) is 5.54. The third-order valence-electron chi connectivity index (χ3n) is 4.10. The minimum absolute atomic E-state index is 0.299. The summed E-state index contributed by atoms with van der Waals surface area (Å²) in [6.07, 6.45) is 1.30. The van der Waals surface area contributed by atoms with Crippen LogP contribution in [-0.4, -0.2) is 31.3 Å². The Morgan fingerprint density at radius 3 is 2.38 bits per heavy atom. The van der Waals surface area contributed by atoms with Crippen LogP contribution in [0.4, 0.5) is 4.39 Å². The Bertz CT molecular complexity index is 684. The second kappa shape index (κ2) is 9.89. The zero-order valence-corrected chi connectivity index (χ0v) is 14.8. The molecular formula is C20H24FNO4. The summed E-state index contributed by atoms with van der Waals surface area (Å²) in [5.41, 5.74) is -0.0853. The smallest absolute Gasteiger partial charge is 0.293 e. The lowest BCUT2D eigenvalue weighted by molar-refractivity contribution is -0.128. The lowest BCUT2D eigenvalue weighted by Gasteiger charge is -2.34. The zero-order chi connectivity index (χ0) is 18.8. The lowest BCUT2D eigenvalue weighted by atomic mass is 9.84. The first-order chi connectivity index (χ1) is 12.6. The van der Waals surface area contributed by atoms with Crippen molar-refractivity contribution >= 4 is 6.47 Å². The molecule has 26 heavy (non-hydrogen) atoms. The van der Waals surface area contributed by atoms with Gasteiger partial charge in [0, 0.05) is 5.56 Å². The monoisotopic (exact) mass is 361 g/mol. The third-order valence-corrected chi connectivity index (χ3v) is 4.10. The predicted molar refractivity (Wildman–Crippen MR) is 96.6 cm³/mol. The maximum atomic E-state index is 13.0. The fourth-order valence-corrected chi connectivity index (χ4v) is 2.75. The van der Waals surface area contributed by atoms with Crippen LogP contribution in [0.2, 0.25) is 0 Å². The van der Waals surface area contributed by atoms with E-state index in [4.69, 9.17) is 4.74 Å². The van der Waals surface area contributed by atoms with Gasteiger partial charge in [-0.05, 0) is 63.2 Å². The van der Waals surface area contributed by atoms with E-state index in [1.54, 1.807) is 19.1 Å². The number of nitrogens with one attached hydrogen (secondary N) is 1. The Balaban J connectivity index is 0.000000431. The average Bonchev–Trinajstić information content (AvgIpc) is 2.66. The molecule has 1 aliphatic rings. The number of ether oxygens (including phenoxy) is 2. The number of hydrogen-bond acceptors (Lipinski definition) is 5. The zero-order valence-electron chi connectivity index (χ0n) is 14.8. The van der Waals surface area contributed by atoms with Crippen LogP contribution in [0.25, 0.3) is 0 Å². The number of hydrogen-bond donors (Lipinski definition) is 2. The minimum atomic E-state index is -0.873. The highest BCUT2D eigenvalue weighted by molar-refractivity contribution is 5.41. The van der Waals surface area contributed by atoms with Crippen LogP contribution in [0.15, 0.2) is 48.5 Å². The molecule has 2 N–H and O–H groups in total. The number of halogens is 1. The van der Waals surface area contributed by atoms with Gasteiger partial charge in [-0.1, -0.05) is 18.2 Å². The summed E-state index contributed by atoms with van der Waals surface area (Å²) in [7, 11) is 0. The number of piperidine rings is 1. The van der Waals surface area contributed by atoms with Gasteiger partial charge in [-0.15, -0.1) is 0 Å². The summed E-state index contributed by atoms with van der Waals surface area (Å²) in [5.74, 6) is 0.877. The molecule has 0 atom stereocenters. The van der Waals surface area contributed by atoms with Crippen LogP contribution in [0.1, 0.15) is 25.3 Å². The Morgan fingerprint density at radius 1 is 1.15 bits per heavy atom. The highest BCUT2D eigenvalue weighted by Gasteiger charge is 2.33. The summed E-state index contributed by atoms with van der Waals surface area (Å²) < 4.78 is 22.9. The first-order valence-electron chi connectivity index (χ1n) is 8.60. The van der Waals surface area contributed by atoms with Crippen molar-refractivity contribution in [2.75, 3.05) is 19.7 Å². The Kier molecular flexibility index (Phi) is 7.56. The number of benzene rings is 2. The van der Waals surface area contributed by atoms with Gasteiger partial charge in [-0.2, -0.15) is 0 Å². The number of para-hydroxylation sites is 1. The van der Waals surface area contributed by atoms with Gasteiger partial charge in [0.2, 0.25) is 0 Å². The van der Waals surface area contributed by atoms with Crippen LogP contribution < -0.4 is 10.1 Å². The van der Waals surface area contributed by atoms with Crippen molar-refractivity contribution < 1.29 is 23.8 Å². The molecule has 0 aliphatic carbocycles. The van der Waals surface area contributed by atoms with Gasteiger partial charge >= 0.3 is 0 Å². The minimum Gasteiger partial charge on any atom is -0.468 e. The molecule has 2 aromatic rings. The summed E-state index contributed by atoms with van der Waals surface area (Å²) in [5, 5.41) is 14.1. The van der Waals surface area contributed by atoms with Crippen LogP contribution in [0.5, 0.6) is 11.5 Å². The quantitative estimate of drug-likeness (QED) is 0.799. The SMILES string of the molecule is CCOC=O.OC1(c2ccccc2Oc2ccc(F)cc2)CCNCC1. The van der Waals surface area contributed by atoms with Crippen LogP contribution in [-0.2, 0) is 15.1 Å². The van der Waals surface area contributed by atoms with E-state index >= 15 is 0 Å². The van der Waals surface area contributed by atoms with Gasteiger partial charge in [0.1, 0.15) is 17.3 Å². The van der Waals surface area contributed by atoms with E-state index < -0.39 is 5.60 Å². The van der Waals surface area contributed by atoms with Crippen LogP contribution >= 0.6 is 0 Å². The molecule has 0 amide bonds. The van der Waals surface area contributed by atoms with Crippen LogP contribution in [0, 0.1) is 5.82 Å². The highest BCUT2D eigenvalue weighted by Crippen LogP contribution is 2.38. The predicted octanol–water partition coefficient (Wildman–Crippen LogP) is 3.37. The summed E-state index contributed by atoms with van der Waals surface area (Å²) in [4.78, 5) is 9.18. The van der Waals surface area contributed by atoms with Gasteiger partial charge < -0.3 is 19.9 Å². The van der Waals surface area contributed by atoms with Crippen molar-refractivity contribution in [3.05, 3.63) is 59.9 Å². The molecule has 0 saturated carbocycles. The fourth-order valence-electron chi connectivity index (χ4n) is 2.75. The van der Waals surface area contributed by atoms with Crippen molar-refractivity contribution in [3.63, 3.8) is 0 Å². The summed E-state index contributed by atoms with van der Waals surface area (Å²) in [6, 6.07) is 13.4. The van der Waals surface area contributed by atoms with Gasteiger partial charge in [0.25, 0.3) is 6.47 Å². The Labute approximate surface area is 152 Å². The van der Waals surface area contributed by atoms with Crippen molar-refractivity contribution in [3.8, 4) is 11.5 Å². The van der Waals surface area contributed by atoms with Gasteiger partial charge in [0.05, 0.1) is 12.2 Å². The maximum absolute atomic E-state index is 13.0. The van der Waals surface area contributed by atoms with E-state index in [1.165, 1.54) is 12.1 Å². The van der Waals surface area contributed by atoms with E-state index in [1.807, 2.05) is 24.3 Å². The van der Waals surface area contributed by atoms with Crippen molar-refractivity contribution in [2.24, 2.45) is 0 Å². The van der Waals surface area contributed by atoms with E-state index in [2.05, 4.69) is 10.1 Å². The number of aliphatic hydroxyl groups is 1. The van der Waals surface area contributed by atoms with Gasteiger partial charge in [0.15, 0.2) is 0 Å². The van der Waals surface area contributed by atoms with Crippen molar-refractivity contribution in [1.29, 1.82) is 0 Å². The first kappa shape index (κ1) is 19.9. The molecule has 5 nitrogen and oxygen atoms in total. The van der Waals surface area contributed by atoms with E-state index in [9.17, 15) is 14.3 Å². The van der Waals surface area contributed by atoms with E-state index in [0.717, 1.165) is 18.7 Å². The molecule has 6 heteroatoms. The topological polar surface area (TPSA) is 67.8 Å². The molecule has 1 heterocycles. The number of carbonyl (C=O) groups excluding carboxylic acids is 1. The molecule has 0 unspecified atom stereocenters. The second-order valence-electron chi connectivity index (χ2n) is 5.89. The van der Waals surface area contributed by atoms with Crippen molar-refractivity contribution in [1.82, 2.24) is 5.32 Å². The van der Waals surface area contributed by atoms with E-state index in [-0.39, 0.29) is 5.82 Å². The summed E-state index contributed by atoms with van der Waals surface area (Å²) >= 11 is 0. The van der Waals surface area contributed by atoms with Gasteiger partial charge in [-0.25, -0.2) is 4.39 Å². The van der Waals surface area contributed by atoms with Gasteiger partial charge in [-0.3, -0.25) is 4.79 Å². The van der Waals surface area contributed by atoms with Crippen LogP contribution in [0.3, 0.4) is 0 Å². The summed E-state index contributed by atoms with van der Waals surface area (Å²) in [6.45, 7) is 4.22. The molecule has 0 spiro atoms. The lowest BCUT2D eigenvalue weighted by Crippen LogP contribution is -2.39. The Hall–Kier alpha value is -2.44. The normalized spacial score (nSPS) is 15.3. The molecule has 1 aliphatic heterocycles. The molecule has 1 saturated heterocycles. The molecule has 0 radical (unpaired) electrons. The molecule has 140 valence electrons. The van der Waals surface area contributed by atoms with E-state index in [0.29, 0.717) is 37.4 Å². The number of carbonyl (C=O) groups is 1. The standard InChI is InChI=1S/C17H18FNO2.C3H6O2/c18-13-5-7-14(8-6-13)21-16-4-2-1-3-15(16)17(20)9-11-19-12-10-17;1-2-5-3-4/h1-8,19-20H,9-12H2;3H,2H2,1H3. The first-order valence-corrected chi connectivity index (χ1v) is 8.60. The Morgan fingerprint density at radius 2 is 1.81 bits per heavy atom. The number of rotatable bonds is 5. The molecule has 0 aromatic heterocycles. The molecule has 1 fully saturated rings. The molecule has 0 bridgehead atoms. The maximum Gasteiger partial charge on any atom is 0.293 e. The van der Waals surface area contributed by atoms with Crippen molar-refractivity contribution in [2.45, 2.75) is 25.4 Å².